The molecule has 0 amide bonds. The van der Waals surface area contributed by atoms with E-state index in [0.717, 1.165) is 29.7 Å². The standard InChI is InChI=1S/C24H36N4O5/c1-5-7-19(10-13-32-17(3)30)27-23-21(16(2)26-24(25)28-23)14-18-8-9-20(15-22(18)31-4)33-12-6-11-29/h8-9,15,19,29H,5-7,10-14H2,1-4H3,(H3,25,26,27,28)/t19-/m0/s1. The number of ether oxygens (including phenoxy) is 3. The van der Waals surface area contributed by atoms with Gasteiger partial charge in [-0.1, -0.05) is 19.4 Å². The zero-order valence-electron chi connectivity index (χ0n) is 20.0. The molecule has 0 aliphatic carbocycles. The minimum atomic E-state index is -0.288. The van der Waals surface area contributed by atoms with Crippen molar-refractivity contribution in [3.8, 4) is 11.5 Å². The molecule has 0 spiro atoms. The molecule has 1 aromatic heterocycles. The van der Waals surface area contributed by atoms with E-state index < -0.39 is 0 Å². The molecule has 182 valence electrons. The number of aryl methyl sites for hydroxylation is 1. The van der Waals surface area contributed by atoms with Crippen LogP contribution in [0.3, 0.4) is 0 Å². The quantitative estimate of drug-likeness (QED) is 0.287. The summed E-state index contributed by atoms with van der Waals surface area (Å²) in [6.45, 7) is 6.28. The Morgan fingerprint density at radius 2 is 2.03 bits per heavy atom. The number of esters is 1. The molecule has 0 unspecified atom stereocenters. The molecule has 0 radical (unpaired) electrons. The van der Waals surface area contributed by atoms with Crippen molar-refractivity contribution in [1.82, 2.24) is 9.97 Å². The normalized spacial score (nSPS) is 11.7. The molecule has 0 saturated carbocycles. The van der Waals surface area contributed by atoms with E-state index in [9.17, 15) is 4.79 Å². The molecule has 0 fully saturated rings. The molecule has 1 heterocycles. The average molecular weight is 461 g/mol. The van der Waals surface area contributed by atoms with Crippen LogP contribution in [-0.2, 0) is 16.0 Å². The number of nitrogen functional groups attached to an aromatic ring is 1. The maximum absolute atomic E-state index is 11.1. The molecule has 1 atom stereocenters. The van der Waals surface area contributed by atoms with Crippen LogP contribution < -0.4 is 20.5 Å². The number of methoxy groups -OCH3 is 1. The summed E-state index contributed by atoms with van der Waals surface area (Å²) in [4.78, 5) is 20.0. The van der Waals surface area contributed by atoms with Crippen LogP contribution in [0.15, 0.2) is 18.2 Å². The largest absolute Gasteiger partial charge is 0.496 e. The van der Waals surface area contributed by atoms with Gasteiger partial charge in [0, 0.05) is 56.2 Å². The van der Waals surface area contributed by atoms with Gasteiger partial charge in [-0.05, 0) is 25.0 Å². The molecule has 0 aliphatic heterocycles. The highest BCUT2D eigenvalue weighted by molar-refractivity contribution is 5.65. The number of nitrogens with one attached hydrogen (secondary N) is 1. The van der Waals surface area contributed by atoms with E-state index in [-0.39, 0.29) is 24.6 Å². The van der Waals surface area contributed by atoms with Crippen molar-refractivity contribution >= 4 is 17.7 Å². The molecule has 0 aliphatic rings. The lowest BCUT2D eigenvalue weighted by molar-refractivity contribution is -0.141. The first-order chi connectivity index (χ1) is 15.9. The number of hydrogen-bond acceptors (Lipinski definition) is 9. The Balaban J connectivity index is 2.27. The molecule has 9 heteroatoms. The van der Waals surface area contributed by atoms with Crippen LogP contribution in [0.25, 0.3) is 0 Å². The molecular formula is C24H36N4O5. The number of aliphatic hydroxyl groups excluding tert-OH is 1. The summed E-state index contributed by atoms with van der Waals surface area (Å²) < 4.78 is 16.4. The molecule has 0 saturated heterocycles. The van der Waals surface area contributed by atoms with Gasteiger partial charge in [-0.2, -0.15) is 4.98 Å². The fourth-order valence-corrected chi connectivity index (χ4v) is 3.53. The third kappa shape index (κ3) is 8.42. The molecule has 2 aromatic rings. The molecule has 1 aromatic carbocycles. The fourth-order valence-electron chi connectivity index (χ4n) is 3.53. The summed E-state index contributed by atoms with van der Waals surface area (Å²) in [5, 5.41) is 12.4. The molecule has 33 heavy (non-hydrogen) atoms. The predicted octanol–water partition coefficient (Wildman–Crippen LogP) is 3.26. The van der Waals surface area contributed by atoms with Gasteiger partial charge in [0.1, 0.15) is 17.3 Å². The van der Waals surface area contributed by atoms with E-state index in [1.165, 1.54) is 6.92 Å². The van der Waals surface area contributed by atoms with Gasteiger partial charge in [-0.15, -0.1) is 0 Å². The van der Waals surface area contributed by atoms with E-state index >= 15 is 0 Å². The summed E-state index contributed by atoms with van der Waals surface area (Å²) in [5.74, 6) is 1.96. The lowest BCUT2D eigenvalue weighted by atomic mass is 10.0. The van der Waals surface area contributed by atoms with Crippen molar-refractivity contribution < 1.29 is 24.1 Å². The molecule has 9 nitrogen and oxygen atoms in total. The molecule has 4 N–H and O–H groups in total. The number of nitrogens with two attached hydrogens (primary N) is 1. The van der Waals surface area contributed by atoms with Crippen LogP contribution in [-0.4, -0.2) is 54.0 Å². The van der Waals surface area contributed by atoms with E-state index in [4.69, 9.17) is 25.1 Å². The van der Waals surface area contributed by atoms with E-state index in [0.29, 0.717) is 49.8 Å². The number of benzene rings is 1. The van der Waals surface area contributed by atoms with Crippen molar-refractivity contribution in [3.63, 3.8) is 0 Å². The second kappa shape index (κ2) is 13.5. The predicted molar refractivity (Wildman–Crippen MR) is 128 cm³/mol. The number of carbonyl (C=O) groups excluding carboxylic acids is 1. The lowest BCUT2D eigenvalue weighted by Gasteiger charge is -2.22. The van der Waals surface area contributed by atoms with Gasteiger partial charge < -0.3 is 30.4 Å². The number of aliphatic hydroxyl groups is 1. The van der Waals surface area contributed by atoms with Gasteiger partial charge in [-0.3, -0.25) is 4.79 Å². The first-order valence-electron chi connectivity index (χ1n) is 11.3. The van der Waals surface area contributed by atoms with Gasteiger partial charge in [-0.25, -0.2) is 4.98 Å². The topological polar surface area (TPSA) is 129 Å². The number of anilines is 2. The lowest BCUT2D eigenvalue weighted by Crippen LogP contribution is -2.24. The van der Waals surface area contributed by atoms with Crippen LogP contribution in [0.4, 0.5) is 11.8 Å². The summed E-state index contributed by atoms with van der Waals surface area (Å²) in [5.41, 5.74) is 8.62. The summed E-state index contributed by atoms with van der Waals surface area (Å²) in [6.07, 6.45) is 3.64. The highest BCUT2D eigenvalue weighted by atomic mass is 16.5. The van der Waals surface area contributed by atoms with Gasteiger partial charge in [0.05, 0.1) is 20.3 Å². The number of nitrogens with zero attached hydrogens (tertiary/aromatic N) is 2. The van der Waals surface area contributed by atoms with Crippen LogP contribution in [0.5, 0.6) is 11.5 Å². The first-order valence-corrected chi connectivity index (χ1v) is 11.3. The first kappa shape index (κ1) is 26.2. The number of aromatic nitrogens is 2. The average Bonchev–Trinajstić information content (AvgIpc) is 2.76. The van der Waals surface area contributed by atoms with Crippen molar-refractivity contribution in [2.24, 2.45) is 0 Å². The Kier molecular flexibility index (Phi) is 10.7. The second-order valence-electron chi connectivity index (χ2n) is 7.83. The maximum Gasteiger partial charge on any atom is 0.302 e. The smallest absolute Gasteiger partial charge is 0.302 e. The van der Waals surface area contributed by atoms with E-state index in [1.807, 2.05) is 25.1 Å². The Hall–Kier alpha value is -3.07. The van der Waals surface area contributed by atoms with Gasteiger partial charge in [0.15, 0.2) is 0 Å². The van der Waals surface area contributed by atoms with Gasteiger partial charge in [0.25, 0.3) is 0 Å². The summed E-state index contributed by atoms with van der Waals surface area (Å²) >= 11 is 0. The number of rotatable bonds is 14. The zero-order valence-corrected chi connectivity index (χ0v) is 20.0. The summed E-state index contributed by atoms with van der Waals surface area (Å²) in [7, 11) is 1.62. The van der Waals surface area contributed by atoms with Crippen molar-refractivity contribution in [2.45, 2.75) is 58.9 Å². The Bertz CT molecular complexity index is 907. The van der Waals surface area contributed by atoms with Crippen molar-refractivity contribution in [3.05, 3.63) is 35.0 Å². The zero-order chi connectivity index (χ0) is 24.2. The Morgan fingerprint density at radius 3 is 2.70 bits per heavy atom. The Labute approximate surface area is 195 Å². The van der Waals surface area contributed by atoms with E-state index in [2.05, 4.69) is 22.2 Å². The number of hydrogen-bond donors (Lipinski definition) is 3. The molecular weight excluding hydrogens is 424 g/mol. The highest BCUT2D eigenvalue weighted by Gasteiger charge is 2.18. The van der Waals surface area contributed by atoms with Crippen LogP contribution in [0.2, 0.25) is 0 Å². The van der Waals surface area contributed by atoms with Gasteiger partial charge >= 0.3 is 5.97 Å². The highest BCUT2D eigenvalue weighted by Crippen LogP contribution is 2.30. The third-order valence-corrected chi connectivity index (χ3v) is 5.18. The van der Waals surface area contributed by atoms with Crippen LogP contribution in [0.1, 0.15) is 56.4 Å². The minimum Gasteiger partial charge on any atom is -0.496 e. The van der Waals surface area contributed by atoms with Gasteiger partial charge in [0.2, 0.25) is 5.95 Å². The maximum atomic E-state index is 11.1. The van der Waals surface area contributed by atoms with Crippen LogP contribution in [0, 0.1) is 6.92 Å². The fraction of sp³-hybridized carbons (Fsp3) is 0.542. The van der Waals surface area contributed by atoms with Crippen molar-refractivity contribution in [2.75, 3.05) is 38.0 Å². The SMILES string of the molecule is CCC[C@@H](CCOC(C)=O)Nc1nc(N)nc(C)c1Cc1ccc(OCCCO)cc1OC. The van der Waals surface area contributed by atoms with E-state index in [1.54, 1.807) is 7.11 Å². The minimum absolute atomic E-state index is 0.0750. The summed E-state index contributed by atoms with van der Waals surface area (Å²) in [6, 6.07) is 5.75. The Morgan fingerprint density at radius 1 is 1.24 bits per heavy atom. The molecule has 0 bridgehead atoms. The monoisotopic (exact) mass is 460 g/mol. The van der Waals surface area contributed by atoms with Crippen molar-refractivity contribution in [1.29, 1.82) is 0 Å². The van der Waals surface area contributed by atoms with Crippen LogP contribution >= 0.6 is 0 Å². The molecule has 2 rings (SSSR count). The third-order valence-electron chi connectivity index (χ3n) is 5.18. The number of carbonyl (C=O) groups is 1. The second-order valence-corrected chi connectivity index (χ2v) is 7.83.